The van der Waals surface area contributed by atoms with Crippen molar-refractivity contribution < 1.29 is 14.3 Å². The van der Waals surface area contributed by atoms with Gasteiger partial charge in [0.05, 0.1) is 5.60 Å². The number of nitrogens with zero attached hydrogens (tertiary/aromatic N) is 2. The van der Waals surface area contributed by atoms with Gasteiger partial charge >= 0.3 is 0 Å². The van der Waals surface area contributed by atoms with E-state index >= 15 is 0 Å². The zero-order valence-corrected chi connectivity index (χ0v) is 16.1. The van der Waals surface area contributed by atoms with Crippen LogP contribution in [0.1, 0.15) is 55.3 Å². The van der Waals surface area contributed by atoms with Crippen molar-refractivity contribution in [3.63, 3.8) is 0 Å². The Morgan fingerprint density at radius 3 is 2.22 bits per heavy atom. The summed E-state index contributed by atoms with van der Waals surface area (Å²) in [4.78, 5) is 29.5. The fourth-order valence-corrected chi connectivity index (χ4v) is 4.79. The van der Waals surface area contributed by atoms with Crippen LogP contribution >= 0.6 is 0 Å². The molecule has 0 bridgehead atoms. The normalized spacial score (nSPS) is 23.4. The first-order valence-corrected chi connectivity index (χ1v) is 10.4. The molecule has 3 heterocycles. The highest BCUT2D eigenvalue weighted by Gasteiger charge is 2.39. The number of likely N-dealkylation sites (tertiary alicyclic amines) is 2. The molecule has 2 amide bonds. The van der Waals surface area contributed by atoms with Crippen molar-refractivity contribution in [2.45, 2.75) is 50.5 Å². The molecule has 1 aromatic rings. The van der Waals surface area contributed by atoms with E-state index in [-0.39, 0.29) is 23.3 Å². The first-order valence-electron chi connectivity index (χ1n) is 10.4. The van der Waals surface area contributed by atoms with Crippen molar-refractivity contribution in [1.82, 2.24) is 9.80 Å². The maximum Gasteiger partial charge on any atom is 0.253 e. The molecule has 3 fully saturated rings. The molecule has 3 aliphatic rings. The number of hydrogen-bond acceptors (Lipinski definition) is 3. The molecule has 27 heavy (non-hydrogen) atoms. The molecule has 1 aromatic carbocycles. The van der Waals surface area contributed by atoms with Gasteiger partial charge in [-0.05, 0) is 57.1 Å². The third-order valence-electron chi connectivity index (χ3n) is 6.57. The lowest BCUT2D eigenvalue weighted by molar-refractivity contribution is -0.147. The van der Waals surface area contributed by atoms with E-state index in [9.17, 15) is 9.59 Å². The second-order valence-corrected chi connectivity index (χ2v) is 8.25. The van der Waals surface area contributed by atoms with Crippen molar-refractivity contribution in [3.05, 3.63) is 35.9 Å². The summed E-state index contributed by atoms with van der Waals surface area (Å²) in [6, 6.07) is 9.42. The number of benzene rings is 1. The Morgan fingerprint density at radius 2 is 1.59 bits per heavy atom. The molecule has 3 saturated heterocycles. The van der Waals surface area contributed by atoms with Gasteiger partial charge in [-0.3, -0.25) is 9.59 Å². The minimum atomic E-state index is 0.0422. The molecule has 0 saturated carbocycles. The van der Waals surface area contributed by atoms with Crippen LogP contribution in [0.5, 0.6) is 0 Å². The maximum atomic E-state index is 13.0. The van der Waals surface area contributed by atoms with Gasteiger partial charge in [0.2, 0.25) is 5.91 Å². The number of rotatable bonds is 2. The van der Waals surface area contributed by atoms with Crippen LogP contribution in [0.25, 0.3) is 0 Å². The average molecular weight is 370 g/mol. The quantitative estimate of drug-likeness (QED) is 0.804. The first kappa shape index (κ1) is 18.5. The fraction of sp³-hybridized carbons (Fsp3) is 0.636. The Labute approximate surface area is 161 Å². The van der Waals surface area contributed by atoms with Crippen LogP contribution in [0.3, 0.4) is 0 Å². The van der Waals surface area contributed by atoms with Crippen LogP contribution in [-0.4, -0.2) is 60.0 Å². The summed E-state index contributed by atoms with van der Waals surface area (Å²) in [5.74, 6) is 0.425. The molecule has 5 nitrogen and oxygen atoms in total. The molecule has 5 heteroatoms. The van der Waals surface area contributed by atoms with E-state index in [4.69, 9.17) is 4.74 Å². The van der Waals surface area contributed by atoms with Crippen LogP contribution in [-0.2, 0) is 9.53 Å². The lowest BCUT2D eigenvalue weighted by Crippen LogP contribution is -2.51. The molecule has 0 unspecified atom stereocenters. The number of hydrogen-bond donors (Lipinski definition) is 0. The molecular formula is C22H30N2O3. The highest BCUT2D eigenvalue weighted by atomic mass is 16.5. The van der Waals surface area contributed by atoms with Gasteiger partial charge in [-0.25, -0.2) is 0 Å². The second-order valence-electron chi connectivity index (χ2n) is 8.25. The molecule has 0 radical (unpaired) electrons. The summed E-state index contributed by atoms with van der Waals surface area (Å²) < 4.78 is 6.08. The Balaban J connectivity index is 1.27. The van der Waals surface area contributed by atoms with Crippen LogP contribution in [0.4, 0.5) is 0 Å². The predicted molar refractivity (Wildman–Crippen MR) is 103 cm³/mol. The lowest BCUT2D eigenvalue weighted by atomic mass is 9.84. The summed E-state index contributed by atoms with van der Waals surface area (Å²) in [5.41, 5.74) is 0.775. The molecule has 1 spiro atoms. The van der Waals surface area contributed by atoms with Crippen molar-refractivity contribution in [3.8, 4) is 0 Å². The lowest BCUT2D eigenvalue weighted by Gasteiger charge is -2.45. The number of piperidine rings is 2. The minimum absolute atomic E-state index is 0.0422. The molecule has 0 aromatic heterocycles. The zero-order chi connectivity index (χ0) is 18.7. The standard InChI is InChI=1S/C22H30N2O3/c25-20(18-6-2-1-3-7-18)23-13-8-19(9-14-23)21(26)24-15-11-22(12-16-24)10-4-5-17-27-22/h1-3,6-7,19H,4-5,8-17H2. The number of amides is 2. The Bertz CT molecular complexity index is 651. The van der Waals surface area contributed by atoms with Gasteiger partial charge in [-0.15, -0.1) is 0 Å². The van der Waals surface area contributed by atoms with Crippen molar-refractivity contribution in [2.75, 3.05) is 32.8 Å². The van der Waals surface area contributed by atoms with Gasteiger partial charge in [0.15, 0.2) is 0 Å². The molecule has 0 aliphatic carbocycles. The summed E-state index contributed by atoms with van der Waals surface area (Å²) in [6.45, 7) is 3.86. The Kier molecular flexibility index (Phi) is 5.48. The number of carbonyl (C=O) groups excluding carboxylic acids is 2. The van der Waals surface area contributed by atoms with E-state index in [1.54, 1.807) is 0 Å². The maximum absolute atomic E-state index is 13.0. The van der Waals surface area contributed by atoms with Gasteiger partial charge in [0.1, 0.15) is 0 Å². The molecule has 3 aliphatic heterocycles. The smallest absolute Gasteiger partial charge is 0.253 e. The zero-order valence-electron chi connectivity index (χ0n) is 16.1. The van der Waals surface area contributed by atoms with Gasteiger partial charge in [0, 0.05) is 44.3 Å². The van der Waals surface area contributed by atoms with E-state index in [0.717, 1.165) is 57.4 Å². The van der Waals surface area contributed by atoms with Crippen molar-refractivity contribution >= 4 is 11.8 Å². The molecule has 146 valence electrons. The monoisotopic (exact) mass is 370 g/mol. The van der Waals surface area contributed by atoms with Crippen LogP contribution in [0.2, 0.25) is 0 Å². The van der Waals surface area contributed by atoms with Crippen LogP contribution in [0, 0.1) is 5.92 Å². The number of carbonyl (C=O) groups is 2. The molecule has 0 N–H and O–H groups in total. The minimum Gasteiger partial charge on any atom is -0.375 e. The van der Waals surface area contributed by atoms with Crippen molar-refractivity contribution in [1.29, 1.82) is 0 Å². The Hall–Kier alpha value is -1.88. The SMILES string of the molecule is O=C(c1ccccc1)N1CCC(C(=O)N2CCC3(CCCCO3)CC2)CC1. The first-order chi connectivity index (χ1) is 13.2. The van der Waals surface area contributed by atoms with Gasteiger partial charge in [-0.2, -0.15) is 0 Å². The summed E-state index contributed by atoms with van der Waals surface area (Å²) in [7, 11) is 0. The number of ether oxygens (including phenoxy) is 1. The summed E-state index contributed by atoms with van der Waals surface area (Å²) in [5, 5.41) is 0. The van der Waals surface area contributed by atoms with Crippen LogP contribution < -0.4 is 0 Å². The molecule has 0 atom stereocenters. The second kappa shape index (κ2) is 8.01. The third kappa shape index (κ3) is 4.03. The fourth-order valence-electron chi connectivity index (χ4n) is 4.79. The van der Waals surface area contributed by atoms with E-state index in [1.807, 2.05) is 40.1 Å². The third-order valence-corrected chi connectivity index (χ3v) is 6.57. The summed E-state index contributed by atoms with van der Waals surface area (Å²) in [6.07, 6.45) is 7.07. The van der Waals surface area contributed by atoms with Gasteiger partial charge in [0.25, 0.3) is 5.91 Å². The Morgan fingerprint density at radius 1 is 0.889 bits per heavy atom. The molecule has 4 rings (SSSR count). The van der Waals surface area contributed by atoms with E-state index in [2.05, 4.69) is 0 Å². The van der Waals surface area contributed by atoms with Crippen LogP contribution in [0.15, 0.2) is 30.3 Å². The van der Waals surface area contributed by atoms with E-state index < -0.39 is 0 Å². The highest BCUT2D eigenvalue weighted by molar-refractivity contribution is 5.94. The molecular weight excluding hydrogens is 340 g/mol. The van der Waals surface area contributed by atoms with Gasteiger partial charge < -0.3 is 14.5 Å². The topological polar surface area (TPSA) is 49.9 Å². The van der Waals surface area contributed by atoms with E-state index in [0.29, 0.717) is 13.1 Å². The van der Waals surface area contributed by atoms with E-state index in [1.165, 1.54) is 12.8 Å². The van der Waals surface area contributed by atoms with Gasteiger partial charge in [-0.1, -0.05) is 18.2 Å². The largest absolute Gasteiger partial charge is 0.375 e. The average Bonchev–Trinajstić information content (AvgIpc) is 2.75. The summed E-state index contributed by atoms with van der Waals surface area (Å²) >= 11 is 0. The predicted octanol–water partition coefficient (Wildman–Crippen LogP) is 3.10. The van der Waals surface area contributed by atoms with Crippen molar-refractivity contribution in [2.24, 2.45) is 5.92 Å². The highest BCUT2D eigenvalue weighted by Crippen LogP contribution is 2.35.